The van der Waals surface area contributed by atoms with Crippen molar-refractivity contribution in [3.05, 3.63) is 47.0 Å². The van der Waals surface area contributed by atoms with E-state index in [2.05, 4.69) is 30.9 Å². The minimum Gasteiger partial charge on any atom is -0.494 e. The Kier molecular flexibility index (Phi) is 8.82. The van der Waals surface area contributed by atoms with E-state index in [0.29, 0.717) is 39.6 Å². The molecule has 3 rings (SSSR count). The number of nitrogens with zero attached hydrogens (tertiary/aromatic N) is 3. The Bertz CT molecular complexity index is 1050. The molecule has 0 atom stereocenters. The van der Waals surface area contributed by atoms with E-state index in [1.165, 1.54) is 16.2 Å². The maximum absolute atomic E-state index is 13.4. The predicted octanol–water partition coefficient (Wildman–Crippen LogP) is 5.99. The quantitative estimate of drug-likeness (QED) is 0.326. The summed E-state index contributed by atoms with van der Waals surface area (Å²) >= 11 is 9.66. The third-order valence-electron chi connectivity index (χ3n) is 4.84. The fraction of sp³-hybridized carbons (Fsp3) is 0.417. The van der Waals surface area contributed by atoms with E-state index in [-0.39, 0.29) is 5.91 Å². The predicted molar refractivity (Wildman–Crippen MR) is 138 cm³/mol. The summed E-state index contributed by atoms with van der Waals surface area (Å²) in [6, 6.07) is 11.9. The summed E-state index contributed by atoms with van der Waals surface area (Å²) in [5.74, 6) is 0.688. The number of benzene rings is 2. The van der Waals surface area contributed by atoms with Crippen LogP contribution in [0.15, 0.2) is 41.3 Å². The number of amides is 1. The average Bonchev–Trinajstić information content (AvgIpc) is 3.18. The number of anilines is 1. The van der Waals surface area contributed by atoms with Crippen LogP contribution in [0.1, 0.15) is 25.8 Å². The van der Waals surface area contributed by atoms with Crippen molar-refractivity contribution >= 4 is 56.0 Å². The van der Waals surface area contributed by atoms with E-state index < -0.39 is 0 Å². The zero-order valence-corrected chi connectivity index (χ0v) is 21.6. The molecule has 0 radical (unpaired) electrons. The molecule has 1 aromatic heterocycles. The minimum absolute atomic E-state index is 0.0298. The van der Waals surface area contributed by atoms with Crippen molar-refractivity contribution in [2.75, 3.05) is 39.2 Å². The number of rotatable bonds is 10. The summed E-state index contributed by atoms with van der Waals surface area (Å²) in [5.41, 5.74) is 1.69. The van der Waals surface area contributed by atoms with Crippen molar-refractivity contribution in [2.45, 2.75) is 36.8 Å². The average molecular weight is 492 g/mol. The van der Waals surface area contributed by atoms with Gasteiger partial charge in [0.05, 0.1) is 23.3 Å². The summed E-state index contributed by atoms with van der Waals surface area (Å²) in [5, 5.41) is 1.79. The number of carbonyl (C=O) groups excluding carboxylic acids is 1. The van der Waals surface area contributed by atoms with Gasteiger partial charge < -0.3 is 9.64 Å². The van der Waals surface area contributed by atoms with Crippen LogP contribution in [0.4, 0.5) is 5.13 Å². The Morgan fingerprint density at radius 3 is 2.50 bits per heavy atom. The maximum atomic E-state index is 13.4. The molecule has 5 nitrogen and oxygen atoms in total. The van der Waals surface area contributed by atoms with Crippen molar-refractivity contribution in [3.8, 4) is 5.75 Å². The van der Waals surface area contributed by atoms with Crippen LogP contribution in [0.25, 0.3) is 10.2 Å². The van der Waals surface area contributed by atoms with Gasteiger partial charge in [0, 0.05) is 16.7 Å². The molecular formula is C24H30ClN3O2S2. The van der Waals surface area contributed by atoms with Crippen molar-refractivity contribution in [1.82, 2.24) is 9.88 Å². The number of hydrogen-bond donors (Lipinski definition) is 0. The second kappa shape index (κ2) is 11.4. The largest absolute Gasteiger partial charge is 0.494 e. The van der Waals surface area contributed by atoms with Gasteiger partial charge in [-0.15, -0.1) is 11.8 Å². The van der Waals surface area contributed by atoms with Crippen LogP contribution in [0.5, 0.6) is 5.75 Å². The van der Waals surface area contributed by atoms with Crippen LogP contribution in [-0.4, -0.2) is 55.3 Å². The second-order valence-electron chi connectivity index (χ2n) is 8.11. The van der Waals surface area contributed by atoms with Crippen molar-refractivity contribution in [3.63, 3.8) is 0 Å². The number of carbonyl (C=O) groups is 1. The summed E-state index contributed by atoms with van der Waals surface area (Å²) < 4.78 is 6.29. The first kappa shape index (κ1) is 24.8. The van der Waals surface area contributed by atoms with Crippen LogP contribution >= 0.6 is 34.7 Å². The lowest BCUT2D eigenvalue weighted by molar-refractivity contribution is -0.118. The molecule has 0 aliphatic rings. The van der Waals surface area contributed by atoms with Gasteiger partial charge in [0.25, 0.3) is 0 Å². The highest BCUT2D eigenvalue weighted by molar-refractivity contribution is 7.99. The number of ether oxygens (including phenoxy) is 1. The van der Waals surface area contributed by atoms with Crippen LogP contribution in [0.3, 0.4) is 0 Å². The highest BCUT2D eigenvalue weighted by Gasteiger charge is 2.22. The summed E-state index contributed by atoms with van der Waals surface area (Å²) in [7, 11) is 5.68. The van der Waals surface area contributed by atoms with Gasteiger partial charge in [-0.3, -0.25) is 9.69 Å². The van der Waals surface area contributed by atoms with Gasteiger partial charge in [0.15, 0.2) is 5.13 Å². The molecule has 0 aliphatic carbocycles. The normalized spacial score (nSPS) is 11.5. The first-order valence-electron chi connectivity index (χ1n) is 10.6. The molecule has 0 saturated carbocycles. The van der Waals surface area contributed by atoms with Gasteiger partial charge >= 0.3 is 0 Å². The Morgan fingerprint density at radius 2 is 1.88 bits per heavy atom. The van der Waals surface area contributed by atoms with Gasteiger partial charge in [-0.1, -0.05) is 48.9 Å². The standard InChI is InChI=1S/C24H30ClN3O2S2/c1-16(2)31-18-9-7-17(8-10-18)15-21(29)28(14-6-13-27(3)4)24-26-22-20(30-5)12-11-19(25)23(22)32-24/h7-12,16H,6,13-15H2,1-5H3. The molecule has 0 unspecified atom stereocenters. The second-order valence-corrected chi connectivity index (χ2v) is 11.1. The molecule has 3 aromatic rings. The molecular weight excluding hydrogens is 462 g/mol. The zero-order chi connectivity index (χ0) is 23.3. The van der Waals surface area contributed by atoms with Gasteiger partial charge in [-0.25, -0.2) is 4.98 Å². The van der Waals surface area contributed by atoms with Crippen LogP contribution in [0.2, 0.25) is 5.02 Å². The third-order valence-corrected chi connectivity index (χ3v) is 7.39. The summed E-state index contributed by atoms with van der Waals surface area (Å²) in [4.78, 5) is 23.3. The van der Waals surface area contributed by atoms with Crippen molar-refractivity contribution in [1.29, 1.82) is 0 Å². The van der Waals surface area contributed by atoms with E-state index in [1.807, 2.05) is 44.1 Å². The van der Waals surface area contributed by atoms with Crippen molar-refractivity contribution < 1.29 is 9.53 Å². The van der Waals surface area contributed by atoms with E-state index in [0.717, 1.165) is 23.2 Å². The fourth-order valence-corrected chi connectivity index (χ4v) is 5.46. The lowest BCUT2D eigenvalue weighted by Gasteiger charge is -2.21. The van der Waals surface area contributed by atoms with E-state index in [9.17, 15) is 4.79 Å². The van der Waals surface area contributed by atoms with Crippen LogP contribution in [-0.2, 0) is 11.2 Å². The smallest absolute Gasteiger partial charge is 0.233 e. The molecule has 0 saturated heterocycles. The van der Waals surface area contributed by atoms with Gasteiger partial charge in [0.1, 0.15) is 11.3 Å². The Morgan fingerprint density at radius 1 is 1.16 bits per heavy atom. The maximum Gasteiger partial charge on any atom is 0.233 e. The lowest BCUT2D eigenvalue weighted by atomic mass is 10.1. The fourth-order valence-electron chi connectivity index (χ4n) is 3.32. The molecule has 2 aromatic carbocycles. The molecule has 0 bridgehead atoms. The molecule has 8 heteroatoms. The molecule has 32 heavy (non-hydrogen) atoms. The van der Waals surface area contributed by atoms with Crippen LogP contribution in [0, 0.1) is 0 Å². The summed E-state index contributed by atoms with van der Waals surface area (Å²) in [6.45, 7) is 5.83. The van der Waals surface area contributed by atoms with Gasteiger partial charge in [-0.2, -0.15) is 0 Å². The Labute approximate surface area is 203 Å². The molecule has 1 amide bonds. The van der Waals surface area contributed by atoms with E-state index in [4.69, 9.17) is 21.3 Å². The SMILES string of the molecule is COc1ccc(Cl)c2sc(N(CCCN(C)C)C(=O)Cc3ccc(SC(C)C)cc3)nc12. The molecule has 1 heterocycles. The Hall–Kier alpha value is -1.80. The van der Waals surface area contributed by atoms with E-state index >= 15 is 0 Å². The highest BCUT2D eigenvalue weighted by Crippen LogP contribution is 2.39. The third kappa shape index (κ3) is 6.38. The number of hydrogen-bond acceptors (Lipinski definition) is 6. The summed E-state index contributed by atoms with van der Waals surface area (Å²) in [6.07, 6.45) is 1.18. The molecule has 0 aliphatic heterocycles. The molecule has 0 fully saturated rings. The van der Waals surface area contributed by atoms with Gasteiger partial charge in [0.2, 0.25) is 5.91 Å². The number of halogens is 1. The number of aromatic nitrogens is 1. The molecule has 0 spiro atoms. The Balaban J connectivity index is 1.86. The molecule has 0 N–H and O–H groups in total. The van der Waals surface area contributed by atoms with E-state index in [1.54, 1.807) is 18.1 Å². The monoisotopic (exact) mass is 491 g/mol. The minimum atomic E-state index is 0.0298. The highest BCUT2D eigenvalue weighted by atomic mass is 35.5. The number of methoxy groups -OCH3 is 1. The van der Waals surface area contributed by atoms with Gasteiger partial charge in [-0.05, 0) is 56.9 Å². The first-order valence-corrected chi connectivity index (χ1v) is 12.7. The number of fused-ring (bicyclic) bond motifs is 1. The first-order chi connectivity index (χ1) is 15.3. The van der Waals surface area contributed by atoms with Crippen molar-refractivity contribution in [2.24, 2.45) is 0 Å². The molecule has 172 valence electrons. The number of thioether (sulfide) groups is 1. The lowest BCUT2D eigenvalue weighted by Crippen LogP contribution is -2.34. The number of thiazole rings is 1. The topological polar surface area (TPSA) is 45.7 Å². The zero-order valence-electron chi connectivity index (χ0n) is 19.2. The van der Waals surface area contributed by atoms with Crippen LogP contribution < -0.4 is 9.64 Å².